The zero-order chi connectivity index (χ0) is 13.8. The average Bonchev–Trinajstić information content (AvgIpc) is 2.71. The summed E-state index contributed by atoms with van der Waals surface area (Å²) >= 11 is 0. The summed E-state index contributed by atoms with van der Waals surface area (Å²) in [6.07, 6.45) is 0.853. The average molecular weight is 254 g/mol. The van der Waals surface area contributed by atoms with Crippen molar-refractivity contribution in [2.75, 3.05) is 20.1 Å². The minimum atomic E-state index is -0.0640. The second-order valence-corrected chi connectivity index (χ2v) is 5.35. The molecule has 0 aromatic carbocycles. The van der Waals surface area contributed by atoms with Crippen molar-refractivity contribution in [3.05, 3.63) is 11.7 Å². The van der Waals surface area contributed by atoms with Gasteiger partial charge in [0, 0.05) is 26.4 Å². The molecule has 0 bridgehead atoms. The molecule has 1 aromatic rings. The van der Waals surface area contributed by atoms with Crippen molar-refractivity contribution in [1.82, 2.24) is 15.0 Å². The predicted molar refractivity (Wildman–Crippen MR) is 67.8 cm³/mol. The van der Waals surface area contributed by atoms with Gasteiger partial charge in [-0.1, -0.05) is 19.0 Å². The van der Waals surface area contributed by atoms with Crippen LogP contribution in [0.5, 0.6) is 0 Å². The Kier molecular flexibility index (Phi) is 4.84. The van der Waals surface area contributed by atoms with Crippen molar-refractivity contribution in [2.24, 2.45) is 11.1 Å². The van der Waals surface area contributed by atoms with Gasteiger partial charge in [-0.15, -0.1) is 0 Å². The van der Waals surface area contributed by atoms with E-state index in [4.69, 9.17) is 10.3 Å². The van der Waals surface area contributed by atoms with Gasteiger partial charge in [0.2, 0.25) is 11.8 Å². The molecule has 0 aliphatic rings. The highest BCUT2D eigenvalue weighted by molar-refractivity contribution is 5.76. The maximum Gasteiger partial charge on any atom is 0.227 e. The van der Waals surface area contributed by atoms with Gasteiger partial charge in [0.25, 0.3) is 0 Å². The Bertz CT molecular complexity index is 401. The summed E-state index contributed by atoms with van der Waals surface area (Å²) in [5.74, 6) is 1.16. The first kappa shape index (κ1) is 14.6. The van der Waals surface area contributed by atoms with Gasteiger partial charge in [-0.25, -0.2) is 0 Å². The number of nitrogens with zero attached hydrogens (tertiary/aromatic N) is 3. The summed E-state index contributed by atoms with van der Waals surface area (Å²) < 4.78 is 4.96. The molecule has 102 valence electrons. The van der Waals surface area contributed by atoms with E-state index in [-0.39, 0.29) is 11.3 Å². The minimum Gasteiger partial charge on any atom is -0.345 e. The minimum absolute atomic E-state index is 0.0624. The smallest absolute Gasteiger partial charge is 0.227 e. The molecule has 0 saturated heterocycles. The van der Waals surface area contributed by atoms with Crippen LogP contribution in [0.15, 0.2) is 4.52 Å². The summed E-state index contributed by atoms with van der Waals surface area (Å²) in [5.41, 5.74) is 5.59. The molecule has 1 rings (SSSR count). The monoisotopic (exact) mass is 254 g/mol. The van der Waals surface area contributed by atoms with Gasteiger partial charge in [-0.05, 0) is 18.9 Å². The van der Waals surface area contributed by atoms with Gasteiger partial charge in [0.05, 0.1) is 0 Å². The highest BCUT2D eigenvalue weighted by atomic mass is 16.5. The molecule has 6 nitrogen and oxygen atoms in total. The van der Waals surface area contributed by atoms with Gasteiger partial charge in [-0.2, -0.15) is 4.98 Å². The molecule has 0 unspecified atom stereocenters. The number of aromatic nitrogens is 2. The normalized spacial score (nSPS) is 11.6. The number of hydrogen-bond acceptors (Lipinski definition) is 5. The molecule has 0 radical (unpaired) electrons. The van der Waals surface area contributed by atoms with E-state index in [1.54, 1.807) is 18.9 Å². The highest BCUT2D eigenvalue weighted by Gasteiger charge is 2.21. The molecule has 0 aliphatic heterocycles. The molecule has 0 atom stereocenters. The number of carbonyl (C=O) groups excluding carboxylic acids is 1. The Morgan fingerprint density at radius 1 is 1.50 bits per heavy atom. The van der Waals surface area contributed by atoms with Gasteiger partial charge in [-0.3, -0.25) is 4.79 Å². The first-order valence-electron chi connectivity index (χ1n) is 6.07. The van der Waals surface area contributed by atoms with Gasteiger partial charge < -0.3 is 15.2 Å². The quantitative estimate of drug-likeness (QED) is 0.809. The van der Waals surface area contributed by atoms with Crippen LogP contribution in [0.2, 0.25) is 0 Å². The fraction of sp³-hybridized carbons (Fsp3) is 0.750. The van der Waals surface area contributed by atoms with Crippen LogP contribution in [0.3, 0.4) is 0 Å². The van der Waals surface area contributed by atoms with Crippen molar-refractivity contribution in [1.29, 1.82) is 0 Å². The van der Waals surface area contributed by atoms with Crippen LogP contribution in [0, 0.1) is 12.3 Å². The van der Waals surface area contributed by atoms with Crippen LogP contribution in [0.25, 0.3) is 0 Å². The summed E-state index contributed by atoms with van der Waals surface area (Å²) in [6.45, 7) is 7.03. The lowest BCUT2D eigenvalue weighted by molar-refractivity contribution is -0.131. The standard InChI is InChI=1S/C12H22N4O2/c1-9-14-10(18-15-9)5-6-11(17)16(4)8-12(2,3)7-13/h5-8,13H2,1-4H3. The fourth-order valence-corrected chi connectivity index (χ4v) is 1.64. The molecular weight excluding hydrogens is 232 g/mol. The molecule has 0 aliphatic carbocycles. The van der Waals surface area contributed by atoms with E-state index in [9.17, 15) is 4.79 Å². The van der Waals surface area contributed by atoms with Gasteiger partial charge in [0.1, 0.15) is 0 Å². The molecule has 2 N–H and O–H groups in total. The van der Waals surface area contributed by atoms with Crippen molar-refractivity contribution >= 4 is 5.91 Å². The van der Waals surface area contributed by atoms with Crippen LogP contribution in [0.4, 0.5) is 0 Å². The third-order valence-corrected chi connectivity index (χ3v) is 2.77. The van der Waals surface area contributed by atoms with Crippen LogP contribution in [-0.2, 0) is 11.2 Å². The lowest BCUT2D eigenvalue weighted by Gasteiger charge is -2.29. The Morgan fingerprint density at radius 3 is 2.67 bits per heavy atom. The van der Waals surface area contributed by atoms with E-state index in [2.05, 4.69) is 10.1 Å². The first-order valence-corrected chi connectivity index (χ1v) is 6.07. The fourth-order valence-electron chi connectivity index (χ4n) is 1.64. The zero-order valence-corrected chi connectivity index (χ0v) is 11.6. The van der Waals surface area contributed by atoms with E-state index < -0.39 is 0 Å². The van der Waals surface area contributed by atoms with Gasteiger partial charge in [0.15, 0.2) is 5.82 Å². The maximum absolute atomic E-state index is 11.9. The van der Waals surface area contributed by atoms with E-state index in [1.165, 1.54) is 0 Å². The maximum atomic E-state index is 11.9. The summed E-state index contributed by atoms with van der Waals surface area (Å²) in [4.78, 5) is 17.7. The molecular formula is C12H22N4O2. The van der Waals surface area contributed by atoms with E-state index in [1.807, 2.05) is 13.8 Å². The topological polar surface area (TPSA) is 85.2 Å². The van der Waals surface area contributed by atoms with Crippen LogP contribution < -0.4 is 5.73 Å². The summed E-state index contributed by atoms with van der Waals surface area (Å²) in [6, 6.07) is 0. The summed E-state index contributed by atoms with van der Waals surface area (Å²) in [5, 5.41) is 3.68. The van der Waals surface area contributed by atoms with Gasteiger partial charge >= 0.3 is 0 Å². The predicted octanol–water partition coefficient (Wildman–Crippen LogP) is 0.754. The van der Waals surface area contributed by atoms with Crippen LogP contribution in [0.1, 0.15) is 32.0 Å². The SMILES string of the molecule is Cc1noc(CCC(=O)N(C)CC(C)(C)CN)n1. The number of rotatable bonds is 6. The number of aryl methyl sites for hydroxylation is 2. The Morgan fingerprint density at radius 2 is 2.17 bits per heavy atom. The second-order valence-electron chi connectivity index (χ2n) is 5.35. The molecule has 6 heteroatoms. The molecule has 18 heavy (non-hydrogen) atoms. The van der Waals surface area contributed by atoms with Crippen LogP contribution in [-0.4, -0.2) is 41.1 Å². The van der Waals surface area contributed by atoms with E-state index >= 15 is 0 Å². The lowest BCUT2D eigenvalue weighted by Crippen LogP contribution is -2.39. The molecule has 0 spiro atoms. The number of hydrogen-bond donors (Lipinski definition) is 1. The summed E-state index contributed by atoms with van der Waals surface area (Å²) in [7, 11) is 1.79. The molecule has 0 fully saturated rings. The Labute approximate surface area is 108 Å². The number of amides is 1. The third kappa shape index (κ3) is 4.44. The molecule has 0 saturated carbocycles. The second kappa shape index (κ2) is 5.95. The number of carbonyl (C=O) groups is 1. The molecule has 1 heterocycles. The Hall–Kier alpha value is -1.43. The Balaban J connectivity index is 2.41. The third-order valence-electron chi connectivity index (χ3n) is 2.77. The molecule has 1 amide bonds. The van der Waals surface area contributed by atoms with Crippen LogP contribution >= 0.6 is 0 Å². The number of nitrogens with two attached hydrogens (primary N) is 1. The van der Waals surface area contributed by atoms with Crippen molar-refractivity contribution < 1.29 is 9.32 Å². The zero-order valence-electron chi connectivity index (χ0n) is 11.6. The molecule has 1 aromatic heterocycles. The lowest BCUT2D eigenvalue weighted by atomic mass is 9.93. The van der Waals surface area contributed by atoms with E-state index in [0.29, 0.717) is 37.6 Å². The van der Waals surface area contributed by atoms with E-state index in [0.717, 1.165) is 0 Å². The van der Waals surface area contributed by atoms with Crippen molar-refractivity contribution in [3.63, 3.8) is 0 Å². The van der Waals surface area contributed by atoms with Crippen molar-refractivity contribution in [2.45, 2.75) is 33.6 Å². The highest BCUT2D eigenvalue weighted by Crippen LogP contribution is 2.14. The largest absolute Gasteiger partial charge is 0.345 e. The first-order chi connectivity index (χ1) is 8.34. The van der Waals surface area contributed by atoms with Crippen molar-refractivity contribution in [3.8, 4) is 0 Å².